The van der Waals surface area contributed by atoms with Crippen LogP contribution in [0.5, 0.6) is 0 Å². The maximum Gasteiger partial charge on any atom is 0.0441 e. The molecular formula is C38H33Cl2N. The highest BCUT2D eigenvalue weighted by atomic mass is 35.5. The predicted molar refractivity (Wildman–Crippen MR) is 178 cm³/mol. The summed E-state index contributed by atoms with van der Waals surface area (Å²) < 4.78 is 0. The fourth-order valence-electron chi connectivity index (χ4n) is 5.10. The summed E-state index contributed by atoms with van der Waals surface area (Å²) in [5.41, 5.74) is 8.38. The molecule has 5 aromatic rings. The highest BCUT2D eigenvalue weighted by Gasteiger charge is 2.11. The van der Waals surface area contributed by atoms with E-state index in [0.717, 1.165) is 31.6 Å². The lowest BCUT2D eigenvalue weighted by Crippen LogP contribution is -2.25. The summed E-state index contributed by atoms with van der Waals surface area (Å²) in [5.74, 6) is 0. The number of rotatable bonds is 11. The number of hydrogen-bond acceptors (Lipinski definition) is 1. The smallest absolute Gasteiger partial charge is 0.0441 e. The molecule has 0 amide bonds. The standard InChI is InChI=1S/C38H33Cl2N/c39-34-27-35(40)29-36(28-34)41(25-13-23-37(30-15-5-1-6-16-30)31-17-7-2-8-18-31)26-14-24-38(32-19-9-3-10-20-32)33-21-11-4-12-22-33/h1-12,15-24,27-29H,13-14,25-26H2. The van der Waals surface area contributed by atoms with Gasteiger partial charge in [0.2, 0.25) is 0 Å². The third-order valence-electron chi connectivity index (χ3n) is 7.05. The van der Waals surface area contributed by atoms with E-state index < -0.39 is 0 Å². The Balaban J connectivity index is 1.41. The summed E-state index contributed by atoms with van der Waals surface area (Å²) in [6, 6.07) is 48.2. The third-order valence-corrected chi connectivity index (χ3v) is 7.48. The highest BCUT2D eigenvalue weighted by Crippen LogP contribution is 2.29. The van der Waals surface area contributed by atoms with Gasteiger partial charge in [-0.2, -0.15) is 0 Å². The molecule has 3 heteroatoms. The van der Waals surface area contributed by atoms with E-state index in [1.165, 1.54) is 33.4 Å². The van der Waals surface area contributed by atoms with Gasteiger partial charge in [0, 0.05) is 28.8 Å². The lowest BCUT2D eigenvalue weighted by Gasteiger charge is -2.25. The van der Waals surface area contributed by atoms with E-state index in [0.29, 0.717) is 10.0 Å². The molecule has 0 unspecified atom stereocenters. The molecule has 0 spiro atoms. The molecule has 0 saturated heterocycles. The number of halogens is 2. The normalized spacial score (nSPS) is 10.6. The van der Waals surface area contributed by atoms with Crippen molar-refractivity contribution in [2.45, 2.75) is 12.8 Å². The quantitative estimate of drug-likeness (QED) is 0.152. The van der Waals surface area contributed by atoms with Crippen LogP contribution in [0.25, 0.3) is 11.1 Å². The van der Waals surface area contributed by atoms with Crippen LogP contribution < -0.4 is 4.90 Å². The maximum atomic E-state index is 6.45. The van der Waals surface area contributed by atoms with Crippen LogP contribution in [-0.4, -0.2) is 13.1 Å². The summed E-state index contributed by atoms with van der Waals surface area (Å²) in [6.45, 7) is 1.67. The van der Waals surface area contributed by atoms with E-state index in [2.05, 4.69) is 138 Å². The molecule has 0 N–H and O–H groups in total. The van der Waals surface area contributed by atoms with Crippen molar-refractivity contribution in [2.75, 3.05) is 18.0 Å². The molecule has 0 radical (unpaired) electrons. The second-order valence-corrected chi connectivity index (χ2v) is 10.8. The molecule has 0 bridgehead atoms. The molecule has 5 aromatic carbocycles. The topological polar surface area (TPSA) is 3.24 Å². The van der Waals surface area contributed by atoms with Crippen molar-refractivity contribution in [2.24, 2.45) is 0 Å². The van der Waals surface area contributed by atoms with Crippen LogP contribution in [0, 0.1) is 0 Å². The average Bonchev–Trinajstić information content (AvgIpc) is 3.01. The largest absolute Gasteiger partial charge is 0.371 e. The predicted octanol–water partition coefficient (Wildman–Crippen LogP) is 10.8. The van der Waals surface area contributed by atoms with Crippen molar-refractivity contribution in [3.63, 3.8) is 0 Å². The fraction of sp³-hybridized carbons (Fsp3) is 0.105. The summed E-state index contributed by atoms with van der Waals surface area (Å²) in [4.78, 5) is 2.38. The van der Waals surface area contributed by atoms with Gasteiger partial charge in [-0.05, 0) is 64.4 Å². The van der Waals surface area contributed by atoms with E-state index in [1.807, 2.05) is 12.1 Å². The first-order chi connectivity index (χ1) is 20.2. The zero-order valence-electron chi connectivity index (χ0n) is 23.0. The summed E-state index contributed by atoms with van der Waals surface area (Å²) in [6.07, 6.45) is 6.44. The second kappa shape index (κ2) is 14.6. The van der Waals surface area contributed by atoms with Crippen molar-refractivity contribution in [1.82, 2.24) is 0 Å². The van der Waals surface area contributed by atoms with Gasteiger partial charge in [-0.25, -0.2) is 0 Å². The Morgan fingerprint density at radius 3 is 1.10 bits per heavy atom. The van der Waals surface area contributed by atoms with Crippen molar-refractivity contribution < 1.29 is 0 Å². The van der Waals surface area contributed by atoms with Gasteiger partial charge in [0.05, 0.1) is 0 Å². The highest BCUT2D eigenvalue weighted by molar-refractivity contribution is 6.35. The minimum Gasteiger partial charge on any atom is -0.371 e. The monoisotopic (exact) mass is 573 g/mol. The molecule has 0 aliphatic rings. The van der Waals surface area contributed by atoms with Gasteiger partial charge in [0.1, 0.15) is 0 Å². The van der Waals surface area contributed by atoms with Crippen molar-refractivity contribution in [3.05, 3.63) is 184 Å². The van der Waals surface area contributed by atoms with Crippen LogP contribution in [-0.2, 0) is 0 Å². The second-order valence-electron chi connectivity index (χ2n) is 9.89. The van der Waals surface area contributed by atoms with Crippen molar-refractivity contribution in [1.29, 1.82) is 0 Å². The molecule has 0 heterocycles. The molecule has 0 aliphatic heterocycles. The molecule has 0 aromatic heterocycles. The van der Waals surface area contributed by atoms with Gasteiger partial charge in [-0.15, -0.1) is 0 Å². The van der Waals surface area contributed by atoms with Crippen LogP contribution in [0.4, 0.5) is 5.69 Å². The Morgan fingerprint density at radius 1 is 0.463 bits per heavy atom. The molecule has 0 aliphatic carbocycles. The minimum absolute atomic E-state index is 0.645. The van der Waals surface area contributed by atoms with E-state index in [9.17, 15) is 0 Å². The Bertz CT molecular complexity index is 1380. The maximum absolute atomic E-state index is 6.45. The lowest BCUT2D eigenvalue weighted by molar-refractivity contribution is 0.790. The van der Waals surface area contributed by atoms with E-state index in [-0.39, 0.29) is 0 Å². The average molecular weight is 575 g/mol. The Kier molecular flexibility index (Phi) is 10.1. The first-order valence-electron chi connectivity index (χ1n) is 14.0. The van der Waals surface area contributed by atoms with E-state index >= 15 is 0 Å². The number of anilines is 1. The summed E-state index contributed by atoms with van der Waals surface area (Å²) >= 11 is 12.9. The Hall–Kier alpha value is -4.04. The first-order valence-corrected chi connectivity index (χ1v) is 14.8. The molecule has 41 heavy (non-hydrogen) atoms. The molecule has 5 rings (SSSR count). The number of hydrogen-bond donors (Lipinski definition) is 0. The molecular weight excluding hydrogens is 541 g/mol. The third kappa shape index (κ3) is 8.01. The first kappa shape index (κ1) is 28.5. The van der Waals surface area contributed by atoms with Crippen molar-refractivity contribution >= 4 is 40.0 Å². The number of benzene rings is 5. The van der Waals surface area contributed by atoms with Gasteiger partial charge in [0.15, 0.2) is 0 Å². The SMILES string of the molecule is Clc1cc(Cl)cc(N(CCC=C(c2ccccc2)c2ccccc2)CCC=C(c2ccccc2)c2ccccc2)c1. The molecule has 204 valence electrons. The van der Waals surface area contributed by atoms with Gasteiger partial charge in [-0.1, -0.05) is 157 Å². The Labute approximate surface area is 254 Å². The van der Waals surface area contributed by atoms with E-state index in [4.69, 9.17) is 23.2 Å². The van der Waals surface area contributed by atoms with Gasteiger partial charge < -0.3 is 4.90 Å². The Morgan fingerprint density at radius 2 is 0.780 bits per heavy atom. The van der Waals surface area contributed by atoms with Crippen LogP contribution in [0.1, 0.15) is 35.1 Å². The minimum atomic E-state index is 0.645. The van der Waals surface area contributed by atoms with Gasteiger partial charge >= 0.3 is 0 Å². The lowest BCUT2D eigenvalue weighted by atomic mass is 9.96. The molecule has 0 fully saturated rings. The zero-order chi connectivity index (χ0) is 28.3. The molecule has 0 atom stereocenters. The zero-order valence-corrected chi connectivity index (χ0v) is 24.5. The summed E-state index contributed by atoms with van der Waals surface area (Å²) in [7, 11) is 0. The van der Waals surface area contributed by atoms with Crippen molar-refractivity contribution in [3.8, 4) is 0 Å². The van der Waals surface area contributed by atoms with Crippen LogP contribution in [0.2, 0.25) is 10.0 Å². The van der Waals surface area contributed by atoms with Crippen LogP contribution in [0.3, 0.4) is 0 Å². The van der Waals surface area contributed by atoms with Crippen LogP contribution in [0.15, 0.2) is 152 Å². The number of nitrogens with zero attached hydrogens (tertiary/aromatic N) is 1. The van der Waals surface area contributed by atoms with Gasteiger partial charge in [0.25, 0.3) is 0 Å². The van der Waals surface area contributed by atoms with Gasteiger partial charge in [-0.3, -0.25) is 0 Å². The van der Waals surface area contributed by atoms with E-state index in [1.54, 1.807) is 6.07 Å². The molecule has 1 nitrogen and oxygen atoms in total. The fourth-order valence-corrected chi connectivity index (χ4v) is 5.61. The van der Waals surface area contributed by atoms with Crippen LogP contribution >= 0.6 is 23.2 Å². The summed E-state index contributed by atoms with van der Waals surface area (Å²) in [5, 5.41) is 1.29. The molecule has 0 saturated carbocycles.